The Hall–Kier alpha value is -1.85. The molecule has 1 aromatic carbocycles. The van der Waals surface area contributed by atoms with Gasteiger partial charge in [-0.15, -0.1) is 11.3 Å². The summed E-state index contributed by atoms with van der Waals surface area (Å²) in [5.41, 5.74) is 2.49. The lowest BCUT2D eigenvalue weighted by atomic mass is 10.1. The van der Waals surface area contributed by atoms with Crippen LogP contribution in [0.15, 0.2) is 30.8 Å². The van der Waals surface area contributed by atoms with Crippen LogP contribution in [0.3, 0.4) is 0 Å². The Morgan fingerprint density at radius 1 is 1.47 bits per heavy atom. The zero-order valence-corrected chi connectivity index (χ0v) is 10.0. The van der Waals surface area contributed by atoms with Crippen molar-refractivity contribution in [3.63, 3.8) is 0 Å². The monoisotopic (exact) mass is 249 g/mol. The molecule has 2 rings (SSSR count). The number of hydroxylamine groups is 1. The first-order valence-corrected chi connectivity index (χ1v) is 5.68. The summed E-state index contributed by atoms with van der Waals surface area (Å²) in [6, 6.07) is 7.39. The van der Waals surface area contributed by atoms with E-state index in [2.05, 4.69) is 6.58 Å². The fourth-order valence-electron chi connectivity index (χ4n) is 1.50. The van der Waals surface area contributed by atoms with Crippen molar-refractivity contribution in [2.24, 2.45) is 0 Å². The predicted molar refractivity (Wildman–Crippen MR) is 67.1 cm³/mol. The molecule has 0 aliphatic rings. The number of methoxy groups -OCH3 is 1. The van der Waals surface area contributed by atoms with Crippen LogP contribution in [-0.4, -0.2) is 18.2 Å². The smallest absolute Gasteiger partial charge is 0.284 e. The highest BCUT2D eigenvalue weighted by Gasteiger charge is 2.10. The first-order valence-electron chi connectivity index (χ1n) is 4.87. The van der Waals surface area contributed by atoms with Gasteiger partial charge in [-0.1, -0.05) is 6.58 Å². The van der Waals surface area contributed by atoms with E-state index >= 15 is 0 Å². The molecule has 0 radical (unpaired) electrons. The minimum Gasteiger partial charge on any atom is -0.497 e. The molecule has 1 amide bonds. The van der Waals surface area contributed by atoms with Crippen LogP contribution in [0.2, 0.25) is 0 Å². The molecule has 0 bridgehead atoms. The van der Waals surface area contributed by atoms with E-state index in [-0.39, 0.29) is 0 Å². The van der Waals surface area contributed by atoms with Crippen LogP contribution in [0, 0.1) is 0 Å². The molecular formula is C12H11NO3S. The molecule has 0 saturated heterocycles. The third-order valence-corrected chi connectivity index (χ3v) is 3.52. The number of ether oxygens (including phenoxy) is 1. The molecule has 88 valence electrons. The molecule has 17 heavy (non-hydrogen) atoms. The van der Waals surface area contributed by atoms with Crippen LogP contribution in [-0.2, 0) is 4.74 Å². The van der Waals surface area contributed by atoms with Gasteiger partial charge in [0.25, 0.3) is 5.91 Å². The maximum atomic E-state index is 11.3. The lowest BCUT2D eigenvalue weighted by molar-refractivity contribution is 0.0711. The second kappa shape index (κ2) is 4.57. The molecule has 4 nitrogen and oxygen atoms in total. The van der Waals surface area contributed by atoms with Crippen LogP contribution in [0.5, 0.6) is 0 Å². The number of carbonyl (C=O) groups excluding carboxylic acids is 1. The summed E-state index contributed by atoms with van der Waals surface area (Å²) in [7, 11) is 1.56. The number of carbonyl (C=O) groups is 1. The molecule has 0 saturated carbocycles. The number of hydrogen-bond donors (Lipinski definition) is 2. The van der Waals surface area contributed by atoms with E-state index in [1.165, 1.54) is 11.3 Å². The third kappa shape index (κ3) is 2.15. The molecule has 5 heteroatoms. The molecule has 0 atom stereocenters. The lowest BCUT2D eigenvalue weighted by Gasteiger charge is -2.03. The first-order chi connectivity index (χ1) is 8.15. The van der Waals surface area contributed by atoms with Crippen molar-refractivity contribution >= 4 is 33.1 Å². The molecular weight excluding hydrogens is 238 g/mol. The van der Waals surface area contributed by atoms with E-state index in [0.29, 0.717) is 10.6 Å². The van der Waals surface area contributed by atoms with E-state index in [1.807, 2.05) is 18.2 Å². The molecule has 0 aliphatic heterocycles. The van der Waals surface area contributed by atoms with Gasteiger partial charge >= 0.3 is 0 Å². The Kier molecular flexibility index (Phi) is 3.12. The minimum atomic E-state index is -0.502. The molecule has 0 spiro atoms. The van der Waals surface area contributed by atoms with Gasteiger partial charge in [-0.25, -0.2) is 5.48 Å². The van der Waals surface area contributed by atoms with Crippen molar-refractivity contribution < 1.29 is 14.7 Å². The summed E-state index contributed by atoms with van der Waals surface area (Å²) in [5, 5.41) is 9.49. The zero-order valence-electron chi connectivity index (χ0n) is 9.19. The van der Waals surface area contributed by atoms with Gasteiger partial charge in [0.05, 0.1) is 12.0 Å². The second-order valence-electron chi connectivity index (χ2n) is 3.43. The second-order valence-corrected chi connectivity index (χ2v) is 4.52. The van der Waals surface area contributed by atoms with Gasteiger partial charge in [-0.3, -0.25) is 10.0 Å². The summed E-state index contributed by atoms with van der Waals surface area (Å²) in [6.45, 7) is 3.77. The van der Waals surface area contributed by atoms with Crippen LogP contribution in [0.1, 0.15) is 15.2 Å². The van der Waals surface area contributed by atoms with Crippen LogP contribution < -0.4 is 5.48 Å². The number of benzene rings is 1. The van der Waals surface area contributed by atoms with E-state index < -0.39 is 5.91 Å². The SMILES string of the molecule is C=C(OC)c1ccc2sc(C(=O)NO)cc2c1. The van der Waals surface area contributed by atoms with Gasteiger partial charge in [-0.05, 0) is 29.7 Å². The van der Waals surface area contributed by atoms with Crippen molar-refractivity contribution in [2.75, 3.05) is 7.11 Å². The summed E-state index contributed by atoms with van der Waals surface area (Å²) in [6.07, 6.45) is 0. The normalized spacial score (nSPS) is 10.2. The summed E-state index contributed by atoms with van der Waals surface area (Å²) >= 11 is 1.32. The van der Waals surface area contributed by atoms with Crippen molar-refractivity contribution in [3.05, 3.63) is 41.3 Å². The zero-order chi connectivity index (χ0) is 12.4. The fraction of sp³-hybridized carbons (Fsp3) is 0.0833. The van der Waals surface area contributed by atoms with Gasteiger partial charge in [0.15, 0.2) is 0 Å². The highest BCUT2D eigenvalue weighted by Crippen LogP contribution is 2.28. The van der Waals surface area contributed by atoms with Gasteiger partial charge < -0.3 is 4.74 Å². The Balaban J connectivity index is 2.48. The standard InChI is InChI=1S/C12H11NO3S/c1-7(16-2)8-3-4-10-9(5-8)6-11(17-10)12(14)13-15/h3-6,15H,1H2,2H3,(H,13,14). The number of nitrogens with one attached hydrogen (secondary N) is 1. The molecule has 0 unspecified atom stereocenters. The Labute approximate surface area is 102 Å². The van der Waals surface area contributed by atoms with Crippen molar-refractivity contribution in [1.29, 1.82) is 0 Å². The molecule has 2 aromatic rings. The summed E-state index contributed by atoms with van der Waals surface area (Å²) in [4.78, 5) is 11.7. The number of fused-ring (bicyclic) bond motifs is 1. The van der Waals surface area contributed by atoms with Gasteiger partial charge in [0, 0.05) is 10.3 Å². The topological polar surface area (TPSA) is 58.6 Å². The Morgan fingerprint density at radius 3 is 2.88 bits per heavy atom. The lowest BCUT2D eigenvalue weighted by Crippen LogP contribution is -2.16. The van der Waals surface area contributed by atoms with Gasteiger partial charge in [0.2, 0.25) is 0 Å². The van der Waals surface area contributed by atoms with Gasteiger partial charge in [0.1, 0.15) is 5.76 Å². The van der Waals surface area contributed by atoms with E-state index in [0.717, 1.165) is 15.6 Å². The summed E-state index contributed by atoms with van der Waals surface area (Å²) < 4.78 is 6.02. The van der Waals surface area contributed by atoms with E-state index in [4.69, 9.17) is 9.94 Å². The Bertz CT molecular complexity index is 574. The highest BCUT2D eigenvalue weighted by atomic mass is 32.1. The molecule has 0 fully saturated rings. The summed E-state index contributed by atoms with van der Waals surface area (Å²) in [5.74, 6) is 0.0737. The predicted octanol–water partition coefficient (Wildman–Crippen LogP) is 2.64. The Morgan fingerprint density at radius 2 is 2.24 bits per heavy atom. The molecule has 0 aliphatic carbocycles. The van der Waals surface area contributed by atoms with Crippen molar-refractivity contribution in [2.45, 2.75) is 0 Å². The maximum absolute atomic E-state index is 11.3. The number of rotatable bonds is 3. The third-order valence-electron chi connectivity index (χ3n) is 2.41. The van der Waals surface area contributed by atoms with Crippen LogP contribution >= 0.6 is 11.3 Å². The highest BCUT2D eigenvalue weighted by molar-refractivity contribution is 7.20. The molecule has 2 N–H and O–H groups in total. The largest absolute Gasteiger partial charge is 0.497 e. The van der Waals surface area contributed by atoms with Crippen LogP contribution in [0.25, 0.3) is 15.8 Å². The maximum Gasteiger partial charge on any atom is 0.284 e. The quantitative estimate of drug-likeness (QED) is 0.499. The minimum absolute atomic E-state index is 0.461. The average molecular weight is 249 g/mol. The number of thiophene rings is 1. The van der Waals surface area contributed by atoms with Crippen LogP contribution in [0.4, 0.5) is 0 Å². The molecule has 1 heterocycles. The first kappa shape index (κ1) is 11.6. The number of hydrogen-bond acceptors (Lipinski definition) is 4. The fourth-order valence-corrected chi connectivity index (χ4v) is 2.43. The van der Waals surface area contributed by atoms with Crippen molar-refractivity contribution in [3.8, 4) is 0 Å². The average Bonchev–Trinajstić information content (AvgIpc) is 2.79. The van der Waals surface area contributed by atoms with E-state index in [1.54, 1.807) is 18.7 Å². The molecule has 1 aromatic heterocycles. The van der Waals surface area contributed by atoms with Gasteiger partial charge in [-0.2, -0.15) is 0 Å². The van der Waals surface area contributed by atoms with E-state index in [9.17, 15) is 4.79 Å². The number of amides is 1. The van der Waals surface area contributed by atoms with Crippen molar-refractivity contribution in [1.82, 2.24) is 5.48 Å².